The van der Waals surface area contributed by atoms with Crippen LogP contribution in [0, 0.1) is 0 Å². The van der Waals surface area contributed by atoms with Gasteiger partial charge in [0, 0.05) is 24.5 Å². The van der Waals surface area contributed by atoms with Crippen LogP contribution in [0.15, 0.2) is 59.5 Å². The minimum atomic E-state index is -0.165. The molecule has 7 heteroatoms. The van der Waals surface area contributed by atoms with Crippen molar-refractivity contribution in [1.29, 1.82) is 0 Å². The molecule has 3 rings (SSSR count). The van der Waals surface area contributed by atoms with Crippen LogP contribution < -0.4 is 5.32 Å². The zero-order valence-electron chi connectivity index (χ0n) is 15.1. The highest BCUT2D eigenvalue weighted by Gasteiger charge is 2.31. The van der Waals surface area contributed by atoms with E-state index in [0.717, 1.165) is 12.0 Å². The third-order valence-corrected chi connectivity index (χ3v) is 5.81. The Kier molecular flexibility index (Phi) is 7.25. The van der Waals surface area contributed by atoms with Crippen molar-refractivity contribution in [1.82, 2.24) is 10.2 Å². The molecule has 144 valence electrons. The molecule has 1 aliphatic rings. The van der Waals surface area contributed by atoms with Crippen LogP contribution in [-0.4, -0.2) is 34.1 Å². The fourth-order valence-electron chi connectivity index (χ4n) is 2.70. The van der Waals surface area contributed by atoms with Crippen LogP contribution in [0.4, 0.5) is 0 Å². The number of halogens is 1. The van der Waals surface area contributed by atoms with Gasteiger partial charge in [-0.15, -0.1) is 0 Å². The van der Waals surface area contributed by atoms with E-state index < -0.39 is 0 Å². The topological polar surface area (TPSA) is 49.4 Å². The van der Waals surface area contributed by atoms with Crippen molar-refractivity contribution < 1.29 is 9.59 Å². The standard InChI is InChI=1S/C21H19ClN2O2S2/c22-17-8-6-16(7-9-17)14-18-20(26)24(21(27)28-18)13-11-19(25)23-12-10-15-4-2-1-3-5-15/h1-9,14H,10-13H2,(H,23,25)/b18-14-. The first kappa shape index (κ1) is 20.6. The maximum atomic E-state index is 12.6. The highest BCUT2D eigenvalue weighted by Crippen LogP contribution is 2.32. The molecule has 0 radical (unpaired) electrons. The van der Waals surface area contributed by atoms with Crippen LogP contribution in [0.2, 0.25) is 5.02 Å². The van der Waals surface area contributed by atoms with Crippen molar-refractivity contribution >= 4 is 57.8 Å². The molecule has 0 bridgehead atoms. The number of thioether (sulfide) groups is 1. The maximum absolute atomic E-state index is 12.6. The van der Waals surface area contributed by atoms with Crippen molar-refractivity contribution in [2.75, 3.05) is 13.1 Å². The summed E-state index contributed by atoms with van der Waals surface area (Å²) >= 11 is 12.4. The number of thiocarbonyl (C=S) groups is 1. The van der Waals surface area contributed by atoms with Gasteiger partial charge in [0.1, 0.15) is 4.32 Å². The average molecular weight is 431 g/mol. The number of nitrogens with zero attached hydrogens (tertiary/aromatic N) is 1. The minimum Gasteiger partial charge on any atom is -0.356 e. The summed E-state index contributed by atoms with van der Waals surface area (Å²) in [4.78, 5) is 26.7. The predicted molar refractivity (Wildman–Crippen MR) is 119 cm³/mol. The first-order valence-electron chi connectivity index (χ1n) is 8.84. The summed E-state index contributed by atoms with van der Waals surface area (Å²) in [6.07, 6.45) is 2.78. The van der Waals surface area contributed by atoms with Gasteiger partial charge >= 0.3 is 0 Å². The first-order valence-corrected chi connectivity index (χ1v) is 10.4. The highest BCUT2D eigenvalue weighted by molar-refractivity contribution is 8.26. The van der Waals surface area contributed by atoms with Crippen molar-refractivity contribution in [3.63, 3.8) is 0 Å². The van der Waals surface area contributed by atoms with E-state index in [1.54, 1.807) is 18.2 Å². The predicted octanol–water partition coefficient (Wildman–Crippen LogP) is 4.29. The molecule has 0 aliphatic carbocycles. The van der Waals surface area contributed by atoms with E-state index in [2.05, 4.69) is 5.32 Å². The quantitative estimate of drug-likeness (QED) is 0.525. The Hall–Kier alpha value is -2.15. The Morgan fingerprint density at radius 2 is 1.86 bits per heavy atom. The van der Waals surface area contributed by atoms with Gasteiger partial charge in [-0.1, -0.05) is 78.0 Å². The Labute approximate surface area is 178 Å². The van der Waals surface area contributed by atoms with Crippen molar-refractivity contribution in [2.24, 2.45) is 0 Å². The van der Waals surface area contributed by atoms with E-state index in [4.69, 9.17) is 23.8 Å². The second-order valence-corrected chi connectivity index (χ2v) is 8.33. The average Bonchev–Trinajstić information content (AvgIpc) is 2.96. The summed E-state index contributed by atoms with van der Waals surface area (Å²) in [5, 5.41) is 3.53. The van der Waals surface area contributed by atoms with E-state index in [0.29, 0.717) is 20.8 Å². The number of carbonyl (C=O) groups excluding carboxylic acids is 2. The molecule has 0 spiro atoms. The van der Waals surface area contributed by atoms with Crippen LogP contribution in [0.3, 0.4) is 0 Å². The SMILES string of the molecule is O=C(CCN1C(=O)/C(=C/c2ccc(Cl)cc2)SC1=S)NCCc1ccccc1. The van der Waals surface area contributed by atoms with Gasteiger partial charge in [-0.3, -0.25) is 14.5 Å². The van der Waals surface area contributed by atoms with Gasteiger partial charge < -0.3 is 5.32 Å². The lowest BCUT2D eigenvalue weighted by Gasteiger charge is -2.14. The maximum Gasteiger partial charge on any atom is 0.266 e. The summed E-state index contributed by atoms with van der Waals surface area (Å²) in [5.41, 5.74) is 2.05. The van der Waals surface area contributed by atoms with Crippen LogP contribution in [0.5, 0.6) is 0 Å². The number of benzene rings is 2. The molecule has 1 aliphatic heterocycles. The normalized spacial score (nSPS) is 15.3. The largest absolute Gasteiger partial charge is 0.356 e. The second-order valence-electron chi connectivity index (χ2n) is 6.22. The van der Waals surface area contributed by atoms with E-state index in [1.807, 2.05) is 42.5 Å². The Balaban J connectivity index is 1.48. The lowest BCUT2D eigenvalue weighted by Crippen LogP contribution is -2.34. The lowest BCUT2D eigenvalue weighted by molar-refractivity contribution is -0.123. The second kappa shape index (κ2) is 9.87. The fourth-order valence-corrected chi connectivity index (χ4v) is 4.13. The number of carbonyl (C=O) groups is 2. The molecule has 2 amide bonds. The molecule has 28 heavy (non-hydrogen) atoms. The molecule has 1 saturated heterocycles. The molecule has 4 nitrogen and oxygen atoms in total. The fraction of sp³-hybridized carbons (Fsp3) is 0.190. The molecule has 2 aromatic rings. The van der Waals surface area contributed by atoms with Crippen LogP contribution in [-0.2, 0) is 16.0 Å². The molecule has 2 aromatic carbocycles. The van der Waals surface area contributed by atoms with Gasteiger partial charge in [0.05, 0.1) is 4.91 Å². The van der Waals surface area contributed by atoms with Crippen LogP contribution >= 0.6 is 35.6 Å². The molecular weight excluding hydrogens is 412 g/mol. The Morgan fingerprint density at radius 3 is 2.57 bits per heavy atom. The number of nitrogens with one attached hydrogen (secondary N) is 1. The third-order valence-electron chi connectivity index (χ3n) is 4.18. The molecule has 1 heterocycles. The van der Waals surface area contributed by atoms with Crippen LogP contribution in [0.1, 0.15) is 17.5 Å². The minimum absolute atomic E-state index is 0.0911. The molecule has 0 atom stereocenters. The van der Waals surface area contributed by atoms with E-state index >= 15 is 0 Å². The molecule has 1 fully saturated rings. The first-order chi connectivity index (χ1) is 13.5. The van der Waals surface area contributed by atoms with Crippen molar-refractivity contribution in [2.45, 2.75) is 12.8 Å². The number of hydrogen-bond acceptors (Lipinski definition) is 4. The van der Waals surface area contributed by atoms with Crippen molar-refractivity contribution in [3.05, 3.63) is 75.7 Å². The van der Waals surface area contributed by atoms with E-state index in [-0.39, 0.29) is 24.8 Å². The monoisotopic (exact) mass is 430 g/mol. The summed E-state index contributed by atoms with van der Waals surface area (Å²) < 4.78 is 0.474. The van der Waals surface area contributed by atoms with Gasteiger partial charge in [-0.05, 0) is 35.8 Å². The van der Waals surface area contributed by atoms with Gasteiger partial charge in [0.2, 0.25) is 5.91 Å². The number of rotatable bonds is 7. The highest BCUT2D eigenvalue weighted by atomic mass is 35.5. The summed E-state index contributed by atoms with van der Waals surface area (Å²) in [6.45, 7) is 0.845. The van der Waals surface area contributed by atoms with Gasteiger partial charge in [0.15, 0.2) is 0 Å². The van der Waals surface area contributed by atoms with E-state index in [9.17, 15) is 9.59 Å². The zero-order valence-corrected chi connectivity index (χ0v) is 17.4. The Bertz CT molecular complexity index is 898. The van der Waals surface area contributed by atoms with Crippen molar-refractivity contribution in [3.8, 4) is 0 Å². The lowest BCUT2D eigenvalue weighted by atomic mass is 10.1. The molecular formula is C21H19ClN2O2S2. The summed E-state index contributed by atoms with van der Waals surface area (Å²) in [7, 11) is 0. The van der Waals surface area contributed by atoms with E-state index in [1.165, 1.54) is 22.2 Å². The summed E-state index contributed by atoms with van der Waals surface area (Å²) in [5.74, 6) is -0.256. The smallest absolute Gasteiger partial charge is 0.266 e. The van der Waals surface area contributed by atoms with Gasteiger partial charge in [0.25, 0.3) is 5.91 Å². The van der Waals surface area contributed by atoms with Crippen LogP contribution in [0.25, 0.3) is 6.08 Å². The molecule has 0 saturated carbocycles. The number of amides is 2. The Morgan fingerprint density at radius 1 is 1.14 bits per heavy atom. The number of hydrogen-bond donors (Lipinski definition) is 1. The molecule has 1 N–H and O–H groups in total. The van der Waals surface area contributed by atoms with Gasteiger partial charge in [-0.25, -0.2) is 0 Å². The van der Waals surface area contributed by atoms with Gasteiger partial charge in [-0.2, -0.15) is 0 Å². The molecule has 0 aromatic heterocycles. The third kappa shape index (κ3) is 5.67. The zero-order chi connectivity index (χ0) is 19.9. The molecule has 0 unspecified atom stereocenters. The summed E-state index contributed by atoms with van der Waals surface area (Å²) in [6, 6.07) is 17.2.